The van der Waals surface area contributed by atoms with E-state index < -0.39 is 0 Å². The highest BCUT2D eigenvalue weighted by molar-refractivity contribution is 6.04. The Morgan fingerprint density at radius 2 is 1.95 bits per heavy atom. The van der Waals surface area contributed by atoms with E-state index in [1.54, 1.807) is 6.07 Å². The zero-order valence-electron chi connectivity index (χ0n) is 13.6. The minimum atomic E-state index is -0.182. The highest BCUT2D eigenvalue weighted by atomic mass is 16.5. The second-order valence-electron chi connectivity index (χ2n) is 5.67. The number of rotatable bonds is 5. The number of aryl methyl sites for hydroxylation is 1. The van der Waals surface area contributed by atoms with Gasteiger partial charge >= 0.3 is 0 Å². The zero-order chi connectivity index (χ0) is 15.8. The van der Waals surface area contributed by atoms with Gasteiger partial charge in [0.25, 0.3) is 11.9 Å². The molecule has 1 rings (SSSR count). The van der Waals surface area contributed by atoms with Gasteiger partial charge in [0.05, 0.1) is 12.6 Å². The summed E-state index contributed by atoms with van der Waals surface area (Å²) in [6.45, 7) is 10.6. The van der Waals surface area contributed by atoms with Gasteiger partial charge in [0.1, 0.15) is 0 Å². The summed E-state index contributed by atoms with van der Waals surface area (Å²) >= 11 is 0. The average Bonchev–Trinajstić information content (AvgIpc) is 2.44. The Bertz CT molecular complexity index is 495. The molecule has 4 heteroatoms. The summed E-state index contributed by atoms with van der Waals surface area (Å²) < 4.78 is 5.63. The first-order chi connectivity index (χ1) is 9.93. The van der Waals surface area contributed by atoms with Crippen molar-refractivity contribution in [2.24, 2.45) is 10.9 Å². The summed E-state index contributed by atoms with van der Waals surface area (Å²) in [5.74, 6) is 0.196. The monoisotopic (exact) mass is 290 g/mol. The Balaban J connectivity index is 2.83. The summed E-state index contributed by atoms with van der Waals surface area (Å²) in [6.07, 6.45) is 0.898. The van der Waals surface area contributed by atoms with Gasteiger partial charge in [-0.25, -0.2) is 4.99 Å². The molecule has 0 spiro atoms. The minimum Gasteiger partial charge on any atom is -0.465 e. The molecular formula is C17H26N2O2. The Labute approximate surface area is 127 Å². The molecule has 1 atom stereocenters. The van der Waals surface area contributed by atoms with Gasteiger partial charge in [0, 0.05) is 5.56 Å². The molecule has 0 aliphatic rings. The minimum absolute atomic E-state index is 0.115. The molecule has 0 aliphatic heterocycles. The van der Waals surface area contributed by atoms with Crippen LogP contribution in [0, 0.1) is 12.8 Å². The number of aliphatic imine (C=N–C) groups is 1. The van der Waals surface area contributed by atoms with E-state index in [0.29, 0.717) is 24.1 Å². The van der Waals surface area contributed by atoms with E-state index in [1.165, 1.54) is 0 Å². The van der Waals surface area contributed by atoms with Crippen molar-refractivity contribution in [1.82, 2.24) is 5.32 Å². The van der Waals surface area contributed by atoms with Crippen LogP contribution in [0.5, 0.6) is 0 Å². The molecule has 116 valence electrons. The summed E-state index contributed by atoms with van der Waals surface area (Å²) in [7, 11) is 0. The van der Waals surface area contributed by atoms with Gasteiger partial charge < -0.3 is 4.74 Å². The lowest BCUT2D eigenvalue weighted by Crippen LogP contribution is -2.34. The molecule has 0 aromatic heterocycles. The molecule has 0 saturated heterocycles. The largest absolute Gasteiger partial charge is 0.465 e. The Hall–Kier alpha value is -1.84. The number of carbonyl (C=O) groups is 1. The highest BCUT2D eigenvalue weighted by Gasteiger charge is 2.13. The van der Waals surface area contributed by atoms with Crippen molar-refractivity contribution in [2.75, 3.05) is 6.61 Å². The predicted octanol–water partition coefficient (Wildman–Crippen LogP) is 3.55. The van der Waals surface area contributed by atoms with Crippen molar-refractivity contribution in [3.05, 3.63) is 35.4 Å². The first-order valence-corrected chi connectivity index (χ1v) is 7.51. The fourth-order valence-electron chi connectivity index (χ4n) is 1.63. The molecule has 1 amide bonds. The van der Waals surface area contributed by atoms with Crippen molar-refractivity contribution in [3.8, 4) is 0 Å². The van der Waals surface area contributed by atoms with Crippen molar-refractivity contribution < 1.29 is 9.53 Å². The maximum absolute atomic E-state index is 12.3. The van der Waals surface area contributed by atoms with Gasteiger partial charge in [0.2, 0.25) is 0 Å². The molecule has 1 N–H and O–H groups in total. The third-order valence-corrected chi connectivity index (χ3v) is 3.09. The average molecular weight is 290 g/mol. The number of hydrogen-bond donors (Lipinski definition) is 1. The number of amides is 1. The molecule has 0 unspecified atom stereocenters. The molecule has 0 aliphatic carbocycles. The molecule has 0 saturated carbocycles. The van der Waals surface area contributed by atoms with E-state index in [0.717, 1.165) is 12.0 Å². The number of amidine groups is 1. The highest BCUT2D eigenvalue weighted by Crippen LogP contribution is 2.07. The molecule has 21 heavy (non-hydrogen) atoms. The van der Waals surface area contributed by atoms with Crippen LogP contribution in [0.4, 0.5) is 0 Å². The topological polar surface area (TPSA) is 50.7 Å². The molecule has 4 nitrogen and oxygen atoms in total. The number of ether oxygens (including phenoxy) is 1. The molecular weight excluding hydrogens is 264 g/mol. The van der Waals surface area contributed by atoms with E-state index in [2.05, 4.69) is 31.1 Å². The van der Waals surface area contributed by atoms with E-state index in [9.17, 15) is 4.79 Å². The first kappa shape index (κ1) is 17.2. The normalized spacial score (nSPS) is 13.1. The Morgan fingerprint density at radius 1 is 1.29 bits per heavy atom. The molecule has 1 aromatic rings. The van der Waals surface area contributed by atoms with E-state index in [-0.39, 0.29) is 11.9 Å². The van der Waals surface area contributed by atoms with Gasteiger partial charge in [-0.2, -0.15) is 0 Å². The smallest absolute Gasteiger partial charge is 0.291 e. The van der Waals surface area contributed by atoms with Gasteiger partial charge in [-0.05, 0) is 37.8 Å². The maximum Gasteiger partial charge on any atom is 0.291 e. The number of nitrogens with one attached hydrogen (secondary N) is 1. The standard InChI is InChI=1S/C17H26N2O2/c1-6-14(5)18-17(21-11-12(2)3)19-16(20)15-10-8-7-9-13(15)4/h7-10,12,14H,6,11H2,1-5H3,(H,18,19,20)/t14-/m0/s1. The molecule has 0 radical (unpaired) electrons. The van der Waals surface area contributed by atoms with Crippen LogP contribution in [-0.2, 0) is 4.74 Å². The predicted molar refractivity (Wildman–Crippen MR) is 86.6 cm³/mol. The van der Waals surface area contributed by atoms with Gasteiger partial charge in [-0.3, -0.25) is 10.1 Å². The van der Waals surface area contributed by atoms with E-state index in [1.807, 2.05) is 32.0 Å². The fraction of sp³-hybridized carbons (Fsp3) is 0.529. The third-order valence-electron chi connectivity index (χ3n) is 3.09. The SMILES string of the molecule is CC[C@H](C)N=C(NC(=O)c1ccccc1C)OCC(C)C. The van der Waals surface area contributed by atoms with Crippen LogP contribution in [0.2, 0.25) is 0 Å². The van der Waals surface area contributed by atoms with Crippen molar-refractivity contribution in [3.63, 3.8) is 0 Å². The molecule has 0 heterocycles. The number of nitrogens with zero attached hydrogens (tertiary/aromatic N) is 1. The summed E-state index contributed by atoms with van der Waals surface area (Å²) in [5, 5.41) is 2.78. The van der Waals surface area contributed by atoms with E-state index in [4.69, 9.17) is 4.74 Å². The van der Waals surface area contributed by atoms with Crippen molar-refractivity contribution >= 4 is 11.9 Å². The van der Waals surface area contributed by atoms with Crippen LogP contribution in [0.1, 0.15) is 50.0 Å². The number of benzene rings is 1. The lowest BCUT2D eigenvalue weighted by atomic mass is 10.1. The summed E-state index contributed by atoms with van der Waals surface area (Å²) in [6, 6.07) is 7.90. The molecule has 0 fully saturated rings. The number of carbonyl (C=O) groups excluding carboxylic acids is 1. The van der Waals surface area contributed by atoms with Crippen LogP contribution in [0.15, 0.2) is 29.3 Å². The fourth-order valence-corrected chi connectivity index (χ4v) is 1.63. The second kappa shape index (κ2) is 8.45. The first-order valence-electron chi connectivity index (χ1n) is 7.51. The summed E-state index contributed by atoms with van der Waals surface area (Å²) in [5.41, 5.74) is 1.57. The maximum atomic E-state index is 12.3. The Kier molecular flexibility index (Phi) is 6.92. The van der Waals surface area contributed by atoms with Gasteiger partial charge in [-0.15, -0.1) is 0 Å². The van der Waals surface area contributed by atoms with Crippen LogP contribution in [0.3, 0.4) is 0 Å². The quantitative estimate of drug-likeness (QED) is 0.666. The third kappa shape index (κ3) is 5.98. The Morgan fingerprint density at radius 3 is 2.52 bits per heavy atom. The molecule has 0 bridgehead atoms. The van der Waals surface area contributed by atoms with Crippen molar-refractivity contribution in [2.45, 2.75) is 47.1 Å². The van der Waals surface area contributed by atoms with Crippen LogP contribution in [-0.4, -0.2) is 24.6 Å². The van der Waals surface area contributed by atoms with Crippen LogP contribution in [0.25, 0.3) is 0 Å². The van der Waals surface area contributed by atoms with E-state index >= 15 is 0 Å². The lowest BCUT2D eigenvalue weighted by Gasteiger charge is -2.14. The molecule has 1 aromatic carbocycles. The van der Waals surface area contributed by atoms with Crippen LogP contribution < -0.4 is 5.32 Å². The van der Waals surface area contributed by atoms with Crippen LogP contribution >= 0.6 is 0 Å². The zero-order valence-corrected chi connectivity index (χ0v) is 13.6. The van der Waals surface area contributed by atoms with Gasteiger partial charge in [0.15, 0.2) is 0 Å². The summed E-state index contributed by atoms with van der Waals surface area (Å²) in [4.78, 5) is 16.7. The lowest BCUT2D eigenvalue weighted by molar-refractivity contribution is 0.0962. The van der Waals surface area contributed by atoms with Crippen molar-refractivity contribution in [1.29, 1.82) is 0 Å². The number of hydrogen-bond acceptors (Lipinski definition) is 3. The second-order valence-corrected chi connectivity index (χ2v) is 5.67. The van der Waals surface area contributed by atoms with Gasteiger partial charge in [-0.1, -0.05) is 39.0 Å².